The van der Waals surface area contributed by atoms with Gasteiger partial charge in [-0.05, 0) is 12.1 Å². The van der Waals surface area contributed by atoms with E-state index in [0.717, 1.165) is 36.8 Å². The van der Waals surface area contributed by atoms with Crippen LogP contribution < -0.4 is 10.1 Å². The molecule has 4 nitrogen and oxygen atoms in total. The van der Waals surface area contributed by atoms with Crippen LogP contribution in [0.3, 0.4) is 0 Å². The van der Waals surface area contributed by atoms with E-state index >= 15 is 0 Å². The molecule has 2 aromatic rings. The molecule has 1 aromatic carbocycles. The van der Waals surface area contributed by atoms with Gasteiger partial charge in [0, 0.05) is 37.0 Å². The Kier molecular flexibility index (Phi) is 3.19. The molecule has 0 saturated heterocycles. The molecule has 0 radical (unpaired) electrons. The van der Waals surface area contributed by atoms with E-state index in [2.05, 4.69) is 15.3 Å². The quantitative estimate of drug-likeness (QED) is 0.888. The molecule has 3 rings (SSSR count). The predicted molar refractivity (Wildman–Crippen MR) is 68.2 cm³/mol. The maximum absolute atomic E-state index is 5.64. The standard InChI is InChI=1S/C14H15N3O/c1-2-4-12(5-3-1)18-10-14-16-9-11-8-15-7-6-13(11)17-14/h1-5,9,15H,6-8,10H2. The molecule has 1 aliphatic heterocycles. The van der Waals surface area contributed by atoms with Crippen molar-refractivity contribution in [1.82, 2.24) is 15.3 Å². The lowest BCUT2D eigenvalue weighted by molar-refractivity contribution is 0.295. The van der Waals surface area contributed by atoms with Crippen LogP contribution in [0.1, 0.15) is 17.1 Å². The summed E-state index contributed by atoms with van der Waals surface area (Å²) >= 11 is 0. The molecule has 0 atom stereocenters. The Balaban J connectivity index is 1.70. The lowest BCUT2D eigenvalue weighted by atomic mass is 10.1. The second-order valence-electron chi connectivity index (χ2n) is 4.29. The van der Waals surface area contributed by atoms with Crippen LogP contribution in [0.15, 0.2) is 36.5 Å². The minimum absolute atomic E-state index is 0.421. The molecule has 0 amide bonds. The van der Waals surface area contributed by atoms with E-state index in [-0.39, 0.29) is 0 Å². The molecule has 0 spiro atoms. The van der Waals surface area contributed by atoms with Gasteiger partial charge in [-0.25, -0.2) is 9.97 Å². The van der Waals surface area contributed by atoms with E-state index in [0.29, 0.717) is 6.61 Å². The fourth-order valence-electron chi connectivity index (χ4n) is 2.01. The minimum Gasteiger partial charge on any atom is -0.486 e. The van der Waals surface area contributed by atoms with Crippen LogP contribution in [0.4, 0.5) is 0 Å². The summed E-state index contributed by atoms with van der Waals surface area (Å²) in [5, 5.41) is 3.31. The first-order valence-electron chi connectivity index (χ1n) is 6.14. The molecule has 0 fully saturated rings. The van der Waals surface area contributed by atoms with Crippen molar-refractivity contribution in [2.45, 2.75) is 19.6 Å². The van der Waals surface area contributed by atoms with Crippen molar-refractivity contribution in [2.24, 2.45) is 0 Å². The van der Waals surface area contributed by atoms with E-state index in [9.17, 15) is 0 Å². The van der Waals surface area contributed by atoms with Crippen molar-refractivity contribution in [3.05, 3.63) is 53.6 Å². The summed E-state index contributed by atoms with van der Waals surface area (Å²) in [5.74, 6) is 1.60. The lowest BCUT2D eigenvalue weighted by Gasteiger charge is -2.16. The largest absolute Gasteiger partial charge is 0.486 e. The first-order valence-corrected chi connectivity index (χ1v) is 6.14. The van der Waals surface area contributed by atoms with Crippen LogP contribution in [-0.4, -0.2) is 16.5 Å². The third kappa shape index (κ3) is 2.49. The Labute approximate surface area is 106 Å². The summed E-state index contributed by atoms with van der Waals surface area (Å²) in [6.07, 6.45) is 2.87. The van der Waals surface area contributed by atoms with Gasteiger partial charge in [-0.15, -0.1) is 0 Å². The fourth-order valence-corrected chi connectivity index (χ4v) is 2.01. The van der Waals surface area contributed by atoms with E-state index in [1.807, 2.05) is 36.5 Å². The summed E-state index contributed by atoms with van der Waals surface area (Å²) in [6.45, 7) is 2.28. The zero-order valence-corrected chi connectivity index (χ0v) is 10.1. The van der Waals surface area contributed by atoms with Crippen LogP contribution in [0.25, 0.3) is 0 Å². The summed E-state index contributed by atoms with van der Waals surface area (Å²) in [7, 11) is 0. The van der Waals surface area contributed by atoms with Crippen molar-refractivity contribution in [3.63, 3.8) is 0 Å². The number of hydrogen-bond acceptors (Lipinski definition) is 4. The maximum atomic E-state index is 5.64. The number of aromatic nitrogens is 2. The number of rotatable bonds is 3. The maximum Gasteiger partial charge on any atom is 0.166 e. The first kappa shape index (κ1) is 11.2. The fraction of sp³-hybridized carbons (Fsp3) is 0.286. The Hall–Kier alpha value is -1.94. The van der Waals surface area contributed by atoms with Gasteiger partial charge in [0.15, 0.2) is 5.82 Å². The topological polar surface area (TPSA) is 47.0 Å². The van der Waals surface area contributed by atoms with E-state index in [1.165, 1.54) is 5.56 Å². The number of para-hydroxylation sites is 1. The van der Waals surface area contributed by atoms with Crippen LogP contribution in [-0.2, 0) is 19.6 Å². The van der Waals surface area contributed by atoms with Crippen LogP contribution in [0.5, 0.6) is 5.75 Å². The van der Waals surface area contributed by atoms with E-state index in [1.54, 1.807) is 0 Å². The highest BCUT2D eigenvalue weighted by Gasteiger charge is 2.11. The average molecular weight is 241 g/mol. The Morgan fingerprint density at radius 1 is 1.22 bits per heavy atom. The normalized spacial score (nSPS) is 14.0. The first-order chi connectivity index (χ1) is 8.92. The van der Waals surface area contributed by atoms with E-state index < -0.39 is 0 Å². The summed E-state index contributed by atoms with van der Waals surface area (Å²) < 4.78 is 5.64. The lowest BCUT2D eigenvalue weighted by Crippen LogP contribution is -2.25. The van der Waals surface area contributed by atoms with Gasteiger partial charge in [-0.1, -0.05) is 18.2 Å². The molecular formula is C14H15N3O. The zero-order chi connectivity index (χ0) is 12.2. The number of ether oxygens (including phenoxy) is 1. The molecule has 4 heteroatoms. The number of benzene rings is 1. The molecular weight excluding hydrogens is 226 g/mol. The molecule has 0 saturated carbocycles. The summed E-state index contributed by atoms with van der Waals surface area (Å²) in [4.78, 5) is 8.88. The van der Waals surface area contributed by atoms with Gasteiger partial charge in [0.2, 0.25) is 0 Å². The van der Waals surface area contributed by atoms with Gasteiger partial charge in [-0.2, -0.15) is 0 Å². The van der Waals surface area contributed by atoms with Crippen molar-refractivity contribution in [2.75, 3.05) is 6.54 Å². The van der Waals surface area contributed by atoms with Crippen LogP contribution in [0, 0.1) is 0 Å². The smallest absolute Gasteiger partial charge is 0.166 e. The molecule has 1 aliphatic rings. The van der Waals surface area contributed by atoms with Gasteiger partial charge in [0.25, 0.3) is 0 Å². The van der Waals surface area contributed by atoms with E-state index in [4.69, 9.17) is 4.74 Å². The van der Waals surface area contributed by atoms with Crippen molar-refractivity contribution >= 4 is 0 Å². The second-order valence-corrected chi connectivity index (χ2v) is 4.29. The number of fused-ring (bicyclic) bond motifs is 1. The predicted octanol–water partition coefficient (Wildman–Crippen LogP) is 1.70. The third-order valence-electron chi connectivity index (χ3n) is 2.97. The molecule has 2 heterocycles. The third-order valence-corrected chi connectivity index (χ3v) is 2.97. The molecule has 0 unspecified atom stereocenters. The van der Waals surface area contributed by atoms with Gasteiger partial charge in [-0.3, -0.25) is 0 Å². The highest BCUT2D eigenvalue weighted by Crippen LogP contribution is 2.13. The molecule has 18 heavy (non-hydrogen) atoms. The summed E-state index contributed by atoms with van der Waals surface area (Å²) in [6, 6.07) is 9.74. The zero-order valence-electron chi connectivity index (χ0n) is 10.1. The Morgan fingerprint density at radius 2 is 2.11 bits per heavy atom. The molecule has 1 N–H and O–H groups in total. The van der Waals surface area contributed by atoms with Gasteiger partial charge >= 0.3 is 0 Å². The Morgan fingerprint density at radius 3 is 3.00 bits per heavy atom. The number of nitrogens with zero attached hydrogens (tertiary/aromatic N) is 2. The Bertz CT molecular complexity index is 528. The van der Waals surface area contributed by atoms with Crippen molar-refractivity contribution in [3.8, 4) is 5.75 Å². The SMILES string of the molecule is c1ccc(OCc2ncc3c(n2)CCNC3)cc1. The van der Waals surface area contributed by atoms with Crippen LogP contribution >= 0.6 is 0 Å². The van der Waals surface area contributed by atoms with Gasteiger partial charge in [0.1, 0.15) is 12.4 Å². The molecule has 0 aliphatic carbocycles. The monoisotopic (exact) mass is 241 g/mol. The molecule has 0 bridgehead atoms. The summed E-state index contributed by atoms with van der Waals surface area (Å²) in [5.41, 5.74) is 2.35. The van der Waals surface area contributed by atoms with Gasteiger partial charge in [0.05, 0.1) is 0 Å². The highest BCUT2D eigenvalue weighted by atomic mass is 16.5. The number of nitrogens with one attached hydrogen (secondary N) is 1. The van der Waals surface area contributed by atoms with Crippen LogP contribution in [0.2, 0.25) is 0 Å². The van der Waals surface area contributed by atoms with Gasteiger partial charge < -0.3 is 10.1 Å². The van der Waals surface area contributed by atoms with Crippen molar-refractivity contribution in [1.29, 1.82) is 0 Å². The molecule has 1 aromatic heterocycles. The minimum atomic E-state index is 0.421. The number of hydrogen-bond donors (Lipinski definition) is 1. The highest BCUT2D eigenvalue weighted by molar-refractivity contribution is 5.22. The van der Waals surface area contributed by atoms with Crippen molar-refractivity contribution < 1.29 is 4.74 Å². The second kappa shape index (κ2) is 5.14. The molecule has 92 valence electrons. The average Bonchev–Trinajstić information content (AvgIpc) is 2.46.